The molecule has 3 aromatic carbocycles. The van der Waals surface area contributed by atoms with Crippen molar-refractivity contribution in [3.05, 3.63) is 150 Å². The second kappa shape index (κ2) is 24.2. The Bertz CT molecular complexity index is 2480. The van der Waals surface area contributed by atoms with Crippen molar-refractivity contribution in [3.63, 3.8) is 0 Å². The van der Waals surface area contributed by atoms with Crippen LogP contribution >= 0.6 is 23.2 Å². The van der Waals surface area contributed by atoms with E-state index in [0.29, 0.717) is 44.0 Å². The van der Waals surface area contributed by atoms with E-state index >= 15 is 0 Å². The summed E-state index contributed by atoms with van der Waals surface area (Å²) in [4.78, 5) is 79.3. The van der Waals surface area contributed by atoms with Gasteiger partial charge in [-0.25, -0.2) is 19.2 Å². The number of hydrogen-bond donors (Lipinski definition) is 4. The fraction of sp³-hybridized carbons (Fsp3) is 0.333. The summed E-state index contributed by atoms with van der Waals surface area (Å²) < 4.78 is 32.8. The zero-order chi connectivity index (χ0) is 47.9. The van der Waals surface area contributed by atoms with Gasteiger partial charge in [0.1, 0.15) is 0 Å². The quantitative estimate of drug-likeness (QED) is 0.0602. The number of nitrogens with one attached hydrogen (secondary N) is 4. The van der Waals surface area contributed by atoms with Gasteiger partial charge in [-0.2, -0.15) is 0 Å². The molecule has 0 aromatic heterocycles. The summed E-state index contributed by atoms with van der Waals surface area (Å²) in [6.07, 6.45) is 0. The van der Waals surface area contributed by atoms with Crippen LogP contribution in [0.2, 0.25) is 10.0 Å². The van der Waals surface area contributed by atoms with Crippen molar-refractivity contribution in [2.75, 3.05) is 67.0 Å². The van der Waals surface area contributed by atoms with Crippen LogP contribution in [0.3, 0.4) is 0 Å². The number of carbonyl (C=O) groups is 6. The largest absolute Gasteiger partial charge is 0.466 e. The van der Waals surface area contributed by atoms with Crippen molar-refractivity contribution in [1.82, 2.24) is 21.3 Å². The van der Waals surface area contributed by atoms with E-state index in [9.17, 15) is 28.8 Å². The molecule has 0 bridgehead atoms. The molecule has 2 aliphatic rings. The lowest BCUT2D eigenvalue weighted by molar-refractivity contribution is -0.140. The van der Waals surface area contributed by atoms with Crippen LogP contribution in [-0.4, -0.2) is 103 Å². The summed E-state index contributed by atoms with van der Waals surface area (Å²) in [7, 11) is 2.48. The number of ether oxygens (including phenoxy) is 6. The van der Waals surface area contributed by atoms with Crippen molar-refractivity contribution < 1.29 is 57.2 Å². The van der Waals surface area contributed by atoms with E-state index < -0.39 is 47.5 Å². The molecule has 350 valence electrons. The summed E-state index contributed by atoms with van der Waals surface area (Å²) in [6.45, 7) is 6.92. The van der Waals surface area contributed by atoms with Crippen LogP contribution in [0.25, 0.3) is 0 Å². The Balaban J connectivity index is 1.17. The minimum atomic E-state index is -0.913. The van der Waals surface area contributed by atoms with Crippen molar-refractivity contribution >= 4 is 58.9 Å². The highest BCUT2D eigenvalue weighted by atomic mass is 35.5. The average Bonchev–Trinajstić information content (AvgIpc) is 3.30. The Kier molecular flexibility index (Phi) is 18.5. The number of benzene rings is 3. The van der Waals surface area contributed by atoms with Gasteiger partial charge in [-0.15, -0.1) is 0 Å². The summed E-state index contributed by atoms with van der Waals surface area (Å²) in [6, 6.07) is 19.9. The maximum Gasteiger partial charge on any atom is 0.336 e. The topological polar surface area (TPSA) is 206 Å². The van der Waals surface area contributed by atoms with Gasteiger partial charge in [0.05, 0.1) is 99.4 Å². The van der Waals surface area contributed by atoms with Crippen molar-refractivity contribution in [1.29, 1.82) is 0 Å². The highest BCUT2D eigenvalue weighted by Gasteiger charge is 2.41. The second-order valence-corrected chi connectivity index (χ2v) is 15.5. The van der Waals surface area contributed by atoms with Crippen LogP contribution < -0.4 is 21.3 Å². The summed E-state index contributed by atoms with van der Waals surface area (Å²) in [5, 5.41) is 12.4. The lowest BCUT2D eigenvalue weighted by atomic mass is 9.80. The Hall–Kier alpha value is -6.46. The highest BCUT2D eigenvalue weighted by molar-refractivity contribution is 6.32. The maximum atomic E-state index is 13.5. The van der Waals surface area contributed by atoms with Gasteiger partial charge in [-0.3, -0.25) is 9.59 Å². The first kappa shape index (κ1) is 50.5. The number of esters is 4. The van der Waals surface area contributed by atoms with Gasteiger partial charge < -0.3 is 49.7 Å². The van der Waals surface area contributed by atoms with Gasteiger partial charge in [0, 0.05) is 45.7 Å². The van der Waals surface area contributed by atoms with Gasteiger partial charge in [-0.1, -0.05) is 65.7 Å². The number of halogens is 2. The van der Waals surface area contributed by atoms with Crippen LogP contribution in [0.1, 0.15) is 71.4 Å². The molecule has 2 aliphatic heterocycles. The molecule has 2 amide bonds. The third kappa shape index (κ3) is 12.1. The Labute approximate surface area is 392 Å². The number of rotatable bonds is 20. The Morgan fingerprint density at radius 2 is 0.955 bits per heavy atom. The molecule has 0 radical (unpaired) electrons. The molecule has 0 aliphatic carbocycles. The third-order valence-electron chi connectivity index (χ3n) is 10.5. The second-order valence-electron chi connectivity index (χ2n) is 14.6. The van der Waals surface area contributed by atoms with Crippen molar-refractivity contribution in [2.24, 2.45) is 0 Å². The molecule has 0 spiro atoms. The van der Waals surface area contributed by atoms with Gasteiger partial charge in [0.2, 0.25) is 0 Å². The standard InChI is InChI=1S/C48H52Cl2N4O12/c1-7-65-47(59)38-28(4)54-35(41(46(58)62-6)40(38)32-17-10-12-19-34(32)50)25-63-22-20-51-43(55)29-14-13-15-30(24-29)44(56)52-21-23-64-26-36-42(48(60)66-8-2)39(31-16-9-11-18-33(31)49)37(27(3)53-36)45(57)61-5/h9-19,24,39-40,53-54H,7-8,20-23,25-26H2,1-6H3,(H,51,55)(H,52,56). The number of hydrogen-bond acceptors (Lipinski definition) is 14. The summed E-state index contributed by atoms with van der Waals surface area (Å²) in [5.74, 6) is -5.37. The SMILES string of the molecule is CCOC(=O)C1=C(C)NC(COCCNC(=O)c2cccc(C(=O)NCCOCC3=C(C(=O)OCC)C(c4ccccc4Cl)C(C(=O)OC)=C(C)N3)c2)=C(C(=O)OC)C1c1ccccc1Cl. The smallest absolute Gasteiger partial charge is 0.336 e. The average molecular weight is 948 g/mol. The molecule has 2 atom stereocenters. The minimum absolute atomic E-state index is 0.0342. The van der Waals surface area contributed by atoms with Crippen LogP contribution in [0.15, 0.2) is 118 Å². The molecule has 66 heavy (non-hydrogen) atoms. The lowest BCUT2D eigenvalue weighted by Gasteiger charge is -2.31. The molecule has 3 aromatic rings. The van der Waals surface area contributed by atoms with Crippen LogP contribution in [-0.2, 0) is 47.6 Å². The zero-order valence-electron chi connectivity index (χ0n) is 37.4. The van der Waals surface area contributed by atoms with E-state index in [4.69, 9.17) is 51.6 Å². The first-order valence-electron chi connectivity index (χ1n) is 21.0. The van der Waals surface area contributed by atoms with Crippen LogP contribution in [0.4, 0.5) is 0 Å². The normalized spacial score (nSPS) is 15.9. The van der Waals surface area contributed by atoms with Gasteiger partial charge in [0.15, 0.2) is 0 Å². The fourth-order valence-corrected chi connectivity index (χ4v) is 8.04. The molecule has 18 heteroatoms. The zero-order valence-corrected chi connectivity index (χ0v) is 38.9. The number of carbonyl (C=O) groups excluding carboxylic acids is 6. The molecule has 2 heterocycles. The molecule has 0 saturated heterocycles. The molecule has 5 rings (SSSR count). The number of dihydropyridines is 2. The molecule has 0 saturated carbocycles. The molecule has 0 fully saturated rings. The van der Waals surface area contributed by atoms with Gasteiger partial charge in [0.25, 0.3) is 11.8 Å². The molecule has 16 nitrogen and oxygen atoms in total. The maximum absolute atomic E-state index is 13.5. The Morgan fingerprint density at radius 1 is 0.561 bits per heavy atom. The predicted molar refractivity (Wildman–Crippen MR) is 244 cm³/mol. The van der Waals surface area contributed by atoms with Gasteiger partial charge in [-0.05, 0) is 69.2 Å². The molecule has 2 unspecified atom stereocenters. The molecular weight excluding hydrogens is 895 g/mol. The number of amides is 2. The predicted octanol–water partition coefficient (Wildman–Crippen LogP) is 5.79. The molecule has 4 N–H and O–H groups in total. The number of allylic oxidation sites excluding steroid dienone is 2. The van der Waals surface area contributed by atoms with E-state index in [1.807, 2.05) is 0 Å². The fourth-order valence-electron chi connectivity index (χ4n) is 7.55. The highest BCUT2D eigenvalue weighted by Crippen LogP contribution is 2.43. The first-order chi connectivity index (χ1) is 31.8. The van der Waals surface area contributed by atoms with E-state index in [0.717, 1.165) is 0 Å². The van der Waals surface area contributed by atoms with E-state index in [2.05, 4.69) is 21.3 Å². The summed E-state index contributed by atoms with van der Waals surface area (Å²) >= 11 is 13.2. The van der Waals surface area contributed by atoms with Crippen molar-refractivity contribution in [2.45, 2.75) is 39.5 Å². The van der Waals surface area contributed by atoms with E-state index in [1.165, 1.54) is 20.3 Å². The van der Waals surface area contributed by atoms with Crippen LogP contribution in [0.5, 0.6) is 0 Å². The van der Waals surface area contributed by atoms with E-state index in [1.54, 1.807) is 94.4 Å². The minimum Gasteiger partial charge on any atom is -0.466 e. The third-order valence-corrected chi connectivity index (χ3v) is 11.2. The summed E-state index contributed by atoms with van der Waals surface area (Å²) in [5.41, 5.74) is 3.70. The lowest BCUT2D eigenvalue weighted by Crippen LogP contribution is -2.35. The molecular formula is C48H52Cl2N4O12. The first-order valence-corrected chi connectivity index (χ1v) is 21.8. The monoisotopic (exact) mass is 946 g/mol. The van der Waals surface area contributed by atoms with Gasteiger partial charge >= 0.3 is 23.9 Å². The number of methoxy groups -OCH3 is 2. The van der Waals surface area contributed by atoms with Crippen molar-refractivity contribution in [3.8, 4) is 0 Å². The van der Waals surface area contributed by atoms with E-state index in [-0.39, 0.29) is 86.2 Å². The van der Waals surface area contributed by atoms with Crippen LogP contribution in [0, 0.1) is 0 Å². The Morgan fingerprint density at radius 3 is 1.38 bits per heavy atom.